The fraction of sp³-hybridized carbons (Fsp3) is 0.394. The van der Waals surface area contributed by atoms with Gasteiger partial charge in [0, 0.05) is 27.6 Å². The molecule has 202 valence electrons. The highest BCUT2D eigenvalue weighted by Gasteiger charge is 2.51. The molecule has 5 nitrogen and oxygen atoms in total. The van der Waals surface area contributed by atoms with Gasteiger partial charge in [0.05, 0.1) is 6.42 Å². The molecule has 4 aliphatic rings. The van der Waals surface area contributed by atoms with Crippen LogP contribution in [0.4, 0.5) is 10.5 Å². The molecular weight excluding hydrogens is 504 g/mol. The molecule has 2 amide bonds. The van der Waals surface area contributed by atoms with Gasteiger partial charge in [-0.3, -0.25) is 9.69 Å². The van der Waals surface area contributed by atoms with E-state index < -0.39 is 5.97 Å². The Morgan fingerprint density at radius 3 is 2.13 bits per heavy atom. The number of anilines is 1. The average Bonchev–Trinajstić information content (AvgIpc) is 2.89. The van der Waals surface area contributed by atoms with Gasteiger partial charge in [-0.25, -0.2) is 4.79 Å². The first-order valence-corrected chi connectivity index (χ1v) is 15.0. The fourth-order valence-corrected chi connectivity index (χ4v) is 8.36. The number of carbonyl (C=O) groups is 2. The first kappa shape index (κ1) is 26.0. The molecule has 0 saturated heterocycles. The first-order chi connectivity index (χ1) is 18.9. The van der Waals surface area contributed by atoms with Crippen LogP contribution in [0.2, 0.25) is 0 Å². The zero-order valence-corrected chi connectivity index (χ0v) is 23.0. The van der Waals surface area contributed by atoms with Gasteiger partial charge in [0.1, 0.15) is 0 Å². The highest BCUT2D eigenvalue weighted by molar-refractivity contribution is 7.99. The van der Waals surface area contributed by atoms with Crippen molar-refractivity contribution >= 4 is 29.4 Å². The maximum absolute atomic E-state index is 14.0. The van der Waals surface area contributed by atoms with Gasteiger partial charge in [-0.2, -0.15) is 0 Å². The van der Waals surface area contributed by atoms with Crippen molar-refractivity contribution in [1.29, 1.82) is 0 Å². The van der Waals surface area contributed by atoms with Crippen molar-refractivity contribution in [2.24, 2.45) is 17.8 Å². The first-order valence-electron chi connectivity index (χ1n) is 14.2. The molecule has 0 radical (unpaired) electrons. The summed E-state index contributed by atoms with van der Waals surface area (Å²) >= 11 is 1.62. The van der Waals surface area contributed by atoms with Crippen molar-refractivity contribution in [3.05, 3.63) is 90.0 Å². The third-order valence-electron chi connectivity index (χ3n) is 8.77. The van der Waals surface area contributed by atoms with Gasteiger partial charge in [0.2, 0.25) is 0 Å². The van der Waals surface area contributed by atoms with Gasteiger partial charge in [0.15, 0.2) is 0 Å². The predicted octanol–water partition coefficient (Wildman–Crippen LogP) is 7.19. The summed E-state index contributed by atoms with van der Waals surface area (Å²) in [5.41, 5.74) is 2.87. The van der Waals surface area contributed by atoms with Gasteiger partial charge in [-0.1, -0.05) is 60.3 Å². The summed E-state index contributed by atoms with van der Waals surface area (Å²) in [5.74, 6) is 1.49. The second-order valence-electron chi connectivity index (χ2n) is 11.8. The number of carboxylic acids is 1. The SMILES string of the molecule is O=C(O)Cc1ccc(Sc2cccc(N(CCc3ccccc3)C(=O)NC34CC5CC(CC(C5)C3)C4)c2)cc1. The van der Waals surface area contributed by atoms with E-state index in [2.05, 4.69) is 29.6 Å². The minimum absolute atomic E-state index is 0.0213. The summed E-state index contributed by atoms with van der Waals surface area (Å²) in [7, 11) is 0. The zero-order valence-electron chi connectivity index (χ0n) is 22.2. The van der Waals surface area contributed by atoms with E-state index in [9.17, 15) is 9.59 Å². The van der Waals surface area contributed by atoms with Crippen molar-refractivity contribution < 1.29 is 14.7 Å². The minimum atomic E-state index is -0.828. The third-order valence-corrected chi connectivity index (χ3v) is 9.76. The number of benzene rings is 3. The molecule has 4 bridgehead atoms. The second-order valence-corrected chi connectivity index (χ2v) is 13.0. The number of aliphatic carboxylic acids is 1. The van der Waals surface area contributed by atoms with Gasteiger partial charge in [-0.15, -0.1) is 0 Å². The Morgan fingerprint density at radius 2 is 1.49 bits per heavy atom. The quantitative estimate of drug-likeness (QED) is 0.301. The largest absolute Gasteiger partial charge is 0.481 e. The maximum atomic E-state index is 14.0. The summed E-state index contributed by atoms with van der Waals surface area (Å²) in [5, 5.41) is 12.6. The van der Waals surface area contributed by atoms with Crippen LogP contribution in [-0.4, -0.2) is 29.2 Å². The van der Waals surface area contributed by atoms with Crippen LogP contribution >= 0.6 is 11.8 Å². The molecule has 0 heterocycles. The summed E-state index contributed by atoms with van der Waals surface area (Å²) in [6.07, 6.45) is 8.25. The molecule has 39 heavy (non-hydrogen) atoms. The molecule has 6 heteroatoms. The number of carboxylic acid groups (broad SMARTS) is 1. The smallest absolute Gasteiger partial charge is 0.322 e. The van der Waals surface area contributed by atoms with Crippen LogP contribution in [0.5, 0.6) is 0 Å². The summed E-state index contributed by atoms with van der Waals surface area (Å²) in [6, 6.07) is 26.2. The Kier molecular flexibility index (Phi) is 7.39. The van der Waals surface area contributed by atoms with Crippen molar-refractivity contribution in [3.8, 4) is 0 Å². The number of hydrogen-bond acceptors (Lipinski definition) is 3. The number of nitrogens with one attached hydrogen (secondary N) is 1. The molecule has 2 N–H and O–H groups in total. The number of nitrogens with zero attached hydrogens (tertiary/aromatic N) is 1. The number of urea groups is 1. The molecule has 4 saturated carbocycles. The molecule has 7 rings (SSSR count). The molecule has 0 aromatic heterocycles. The lowest BCUT2D eigenvalue weighted by Crippen LogP contribution is -2.62. The maximum Gasteiger partial charge on any atom is 0.322 e. The summed E-state index contributed by atoms with van der Waals surface area (Å²) < 4.78 is 0. The molecule has 0 atom stereocenters. The second kappa shape index (κ2) is 11.1. The molecule has 3 aromatic rings. The Balaban J connectivity index is 1.21. The Bertz CT molecular complexity index is 1290. The van der Waals surface area contributed by atoms with E-state index in [0.29, 0.717) is 6.54 Å². The Morgan fingerprint density at radius 1 is 0.821 bits per heavy atom. The van der Waals surface area contributed by atoms with Gasteiger partial charge in [0.25, 0.3) is 0 Å². The highest BCUT2D eigenvalue weighted by Crippen LogP contribution is 2.55. The monoisotopic (exact) mass is 540 g/mol. The van der Waals surface area contributed by atoms with E-state index in [4.69, 9.17) is 5.11 Å². The van der Waals surface area contributed by atoms with Crippen molar-refractivity contribution in [1.82, 2.24) is 5.32 Å². The number of hydrogen-bond donors (Lipinski definition) is 2. The van der Waals surface area contributed by atoms with Crippen molar-refractivity contribution in [3.63, 3.8) is 0 Å². The lowest BCUT2D eigenvalue weighted by Gasteiger charge is -2.57. The molecule has 4 fully saturated rings. The van der Waals surface area contributed by atoms with Gasteiger partial charge >= 0.3 is 12.0 Å². The summed E-state index contributed by atoms with van der Waals surface area (Å²) in [6.45, 7) is 0.611. The van der Waals surface area contributed by atoms with Crippen LogP contribution in [0, 0.1) is 17.8 Å². The Hall–Kier alpha value is -3.25. The highest BCUT2D eigenvalue weighted by atomic mass is 32.2. The average molecular weight is 541 g/mol. The molecule has 3 aromatic carbocycles. The van der Waals surface area contributed by atoms with Crippen molar-refractivity contribution in [2.75, 3.05) is 11.4 Å². The third kappa shape index (κ3) is 6.17. The molecule has 4 aliphatic carbocycles. The number of rotatable bonds is 9. The number of carbonyl (C=O) groups excluding carboxylic acids is 1. The topological polar surface area (TPSA) is 69.6 Å². The van der Waals surface area contributed by atoms with Crippen LogP contribution in [0.15, 0.2) is 88.7 Å². The normalized spacial score (nSPS) is 24.9. The van der Waals surface area contributed by atoms with E-state index in [-0.39, 0.29) is 18.0 Å². The van der Waals surface area contributed by atoms with E-state index in [1.165, 1.54) is 24.8 Å². The minimum Gasteiger partial charge on any atom is -0.481 e. The number of amides is 2. The summed E-state index contributed by atoms with van der Waals surface area (Å²) in [4.78, 5) is 29.0. The Labute approximate surface area is 235 Å². The van der Waals surface area contributed by atoms with Crippen LogP contribution in [0.3, 0.4) is 0 Å². The van der Waals surface area contributed by atoms with Crippen LogP contribution in [0.1, 0.15) is 49.7 Å². The van der Waals surface area contributed by atoms with E-state index in [1.807, 2.05) is 59.5 Å². The van der Waals surface area contributed by atoms with Gasteiger partial charge in [-0.05, 0) is 104 Å². The molecule has 0 spiro atoms. The van der Waals surface area contributed by atoms with Crippen LogP contribution < -0.4 is 10.2 Å². The van der Waals surface area contributed by atoms with Crippen LogP contribution in [-0.2, 0) is 17.6 Å². The van der Waals surface area contributed by atoms with Gasteiger partial charge < -0.3 is 10.4 Å². The van der Waals surface area contributed by atoms with E-state index in [1.54, 1.807) is 11.8 Å². The van der Waals surface area contributed by atoms with Crippen molar-refractivity contribution in [2.45, 2.75) is 66.7 Å². The standard InChI is InChI=1S/C33H36N2O3S/c36-31(37)18-24-9-11-29(12-10-24)39-30-8-4-7-28(19-30)35(14-13-23-5-2-1-3-6-23)32(38)34-33-20-25-15-26(21-33)17-27(16-25)22-33/h1-12,19,25-27H,13-18,20-22H2,(H,34,38)(H,36,37). The van der Waals surface area contributed by atoms with E-state index >= 15 is 0 Å². The predicted molar refractivity (Wildman–Crippen MR) is 155 cm³/mol. The zero-order chi connectivity index (χ0) is 26.8. The van der Waals surface area contributed by atoms with E-state index in [0.717, 1.165) is 64.5 Å². The van der Waals surface area contributed by atoms with Crippen LogP contribution in [0.25, 0.3) is 0 Å². The molecule has 0 unspecified atom stereocenters. The lowest BCUT2D eigenvalue weighted by molar-refractivity contribution is -0.136. The fourth-order valence-electron chi connectivity index (χ4n) is 7.49. The molecular formula is C33H36N2O3S. The molecule has 0 aliphatic heterocycles. The lowest BCUT2D eigenvalue weighted by atomic mass is 9.53.